The predicted octanol–water partition coefficient (Wildman–Crippen LogP) is 3.02. The average Bonchev–Trinajstić information content (AvgIpc) is 2.30. The molecule has 0 fully saturated rings. The zero-order valence-electron chi connectivity index (χ0n) is 10.2. The number of rotatable bonds is 3. The minimum absolute atomic E-state index is 0.104. The molecule has 0 aromatic heterocycles. The van der Waals surface area contributed by atoms with Gasteiger partial charge in [0.05, 0.1) is 12.5 Å². The van der Waals surface area contributed by atoms with E-state index in [1.165, 1.54) is 0 Å². The molecule has 0 aliphatic carbocycles. The molecule has 1 aromatic carbocycles. The van der Waals surface area contributed by atoms with Gasteiger partial charge in [-0.3, -0.25) is 4.79 Å². The van der Waals surface area contributed by atoms with Crippen LogP contribution >= 0.6 is 11.6 Å². The fourth-order valence-electron chi connectivity index (χ4n) is 1.48. The lowest BCUT2D eigenvalue weighted by Crippen LogP contribution is -2.35. The molecule has 0 heterocycles. The van der Waals surface area contributed by atoms with E-state index in [-0.39, 0.29) is 11.9 Å². The van der Waals surface area contributed by atoms with Gasteiger partial charge in [0.1, 0.15) is 0 Å². The smallest absolute Gasteiger partial charge is 0.254 e. The molecule has 1 aromatic rings. The van der Waals surface area contributed by atoms with Crippen molar-refractivity contribution in [2.45, 2.75) is 26.3 Å². The number of hydrogen-bond donors (Lipinski definition) is 0. The molecule has 0 aliphatic heterocycles. The average molecular weight is 251 g/mol. The molecular formula is C13H15ClN2O. The highest BCUT2D eigenvalue weighted by Gasteiger charge is 2.18. The largest absolute Gasteiger partial charge is 0.338 e. The van der Waals surface area contributed by atoms with E-state index < -0.39 is 0 Å². The lowest BCUT2D eigenvalue weighted by Gasteiger charge is -2.23. The highest BCUT2D eigenvalue weighted by molar-refractivity contribution is 6.31. The minimum atomic E-state index is -0.106. The Hall–Kier alpha value is -1.53. The number of nitriles is 1. The Kier molecular flexibility index (Phi) is 4.53. The Morgan fingerprint density at radius 3 is 2.82 bits per heavy atom. The fraction of sp³-hybridized carbons (Fsp3) is 0.385. The van der Waals surface area contributed by atoms with E-state index in [4.69, 9.17) is 16.9 Å². The van der Waals surface area contributed by atoms with Gasteiger partial charge in [-0.05, 0) is 31.5 Å². The van der Waals surface area contributed by atoms with Crippen molar-refractivity contribution in [2.24, 2.45) is 0 Å². The molecule has 0 saturated carbocycles. The third-order valence-corrected chi connectivity index (χ3v) is 3.03. The first-order valence-corrected chi connectivity index (χ1v) is 5.75. The Morgan fingerprint density at radius 1 is 1.59 bits per heavy atom. The number of nitrogens with zero attached hydrogens (tertiary/aromatic N) is 2. The SMILES string of the molecule is Cc1ccc(Cl)cc1C(=O)N(C)C(C)CC#N. The highest BCUT2D eigenvalue weighted by atomic mass is 35.5. The number of halogens is 1. The topological polar surface area (TPSA) is 44.1 Å². The number of hydrogen-bond acceptors (Lipinski definition) is 2. The molecule has 1 amide bonds. The molecule has 0 aliphatic rings. The minimum Gasteiger partial charge on any atom is -0.338 e. The first-order chi connectivity index (χ1) is 7.97. The van der Waals surface area contributed by atoms with Gasteiger partial charge in [0.2, 0.25) is 0 Å². The van der Waals surface area contributed by atoms with E-state index in [0.717, 1.165) is 5.56 Å². The van der Waals surface area contributed by atoms with Crippen LogP contribution in [-0.4, -0.2) is 23.9 Å². The van der Waals surface area contributed by atoms with Gasteiger partial charge in [-0.15, -0.1) is 0 Å². The van der Waals surface area contributed by atoms with Crippen molar-refractivity contribution in [3.05, 3.63) is 34.3 Å². The Bertz CT molecular complexity index is 465. The molecule has 0 N–H and O–H groups in total. The van der Waals surface area contributed by atoms with Crippen molar-refractivity contribution >= 4 is 17.5 Å². The number of aryl methyl sites for hydroxylation is 1. The monoisotopic (exact) mass is 250 g/mol. The second kappa shape index (κ2) is 5.70. The summed E-state index contributed by atoms with van der Waals surface area (Å²) in [6, 6.07) is 7.19. The maximum atomic E-state index is 12.2. The van der Waals surface area contributed by atoms with Crippen LogP contribution in [0.5, 0.6) is 0 Å². The zero-order valence-corrected chi connectivity index (χ0v) is 11.0. The molecule has 1 atom stereocenters. The summed E-state index contributed by atoms with van der Waals surface area (Å²) >= 11 is 5.88. The lowest BCUT2D eigenvalue weighted by atomic mass is 10.1. The third-order valence-electron chi connectivity index (χ3n) is 2.80. The van der Waals surface area contributed by atoms with E-state index in [1.807, 2.05) is 19.9 Å². The normalized spacial score (nSPS) is 11.7. The zero-order chi connectivity index (χ0) is 13.0. The molecule has 17 heavy (non-hydrogen) atoms. The van der Waals surface area contributed by atoms with Crippen LogP contribution in [0.1, 0.15) is 29.3 Å². The number of carbonyl (C=O) groups excluding carboxylic acids is 1. The second-order valence-electron chi connectivity index (χ2n) is 4.09. The number of amides is 1. The summed E-state index contributed by atoms with van der Waals surface area (Å²) in [4.78, 5) is 13.8. The van der Waals surface area contributed by atoms with Crippen molar-refractivity contribution < 1.29 is 4.79 Å². The maximum absolute atomic E-state index is 12.2. The summed E-state index contributed by atoms with van der Waals surface area (Å²) in [7, 11) is 1.70. The molecular weight excluding hydrogens is 236 g/mol. The van der Waals surface area contributed by atoms with E-state index in [9.17, 15) is 4.79 Å². The summed E-state index contributed by atoms with van der Waals surface area (Å²) in [6.45, 7) is 3.72. The van der Waals surface area contributed by atoms with Crippen LogP contribution in [0.2, 0.25) is 5.02 Å². The van der Waals surface area contributed by atoms with Gasteiger partial charge in [-0.25, -0.2) is 0 Å². The van der Waals surface area contributed by atoms with E-state index >= 15 is 0 Å². The molecule has 1 unspecified atom stereocenters. The number of carbonyl (C=O) groups is 1. The second-order valence-corrected chi connectivity index (χ2v) is 4.52. The Morgan fingerprint density at radius 2 is 2.24 bits per heavy atom. The first-order valence-electron chi connectivity index (χ1n) is 5.37. The molecule has 0 saturated heterocycles. The van der Waals surface area contributed by atoms with Crippen LogP contribution in [-0.2, 0) is 0 Å². The summed E-state index contributed by atoms with van der Waals surface area (Å²) in [6.07, 6.45) is 0.321. The van der Waals surface area contributed by atoms with Gasteiger partial charge in [-0.2, -0.15) is 5.26 Å². The Balaban J connectivity index is 2.96. The summed E-state index contributed by atoms with van der Waals surface area (Å²) in [5.74, 6) is -0.104. The molecule has 1 rings (SSSR count). The molecule has 90 valence electrons. The van der Waals surface area contributed by atoms with Crippen LogP contribution in [0.4, 0.5) is 0 Å². The van der Waals surface area contributed by atoms with Gasteiger partial charge in [-0.1, -0.05) is 17.7 Å². The fourth-order valence-corrected chi connectivity index (χ4v) is 1.66. The van der Waals surface area contributed by atoms with Crippen molar-refractivity contribution in [1.82, 2.24) is 4.90 Å². The van der Waals surface area contributed by atoms with Gasteiger partial charge in [0.25, 0.3) is 5.91 Å². The Labute approximate surface area is 107 Å². The van der Waals surface area contributed by atoms with Crippen LogP contribution in [0.25, 0.3) is 0 Å². The third kappa shape index (κ3) is 3.21. The molecule has 4 heteroatoms. The molecule has 0 spiro atoms. The van der Waals surface area contributed by atoms with Crippen molar-refractivity contribution in [2.75, 3.05) is 7.05 Å². The number of benzene rings is 1. The van der Waals surface area contributed by atoms with Gasteiger partial charge >= 0.3 is 0 Å². The quantitative estimate of drug-likeness (QED) is 0.828. The van der Waals surface area contributed by atoms with E-state index in [0.29, 0.717) is 17.0 Å². The molecule has 3 nitrogen and oxygen atoms in total. The van der Waals surface area contributed by atoms with Gasteiger partial charge in [0.15, 0.2) is 0 Å². The van der Waals surface area contributed by atoms with Crippen molar-refractivity contribution in [3.63, 3.8) is 0 Å². The summed E-state index contributed by atoms with van der Waals surface area (Å²) in [5.41, 5.74) is 1.47. The summed E-state index contributed by atoms with van der Waals surface area (Å²) < 4.78 is 0. The van der Waals surface area contributed by atoms with Crippen LogP contribution in [0, 0.1) is 18.3 Å². The predicted molar refractivity (Wildman–Crippen MR) is 68.0 cm³/mol. The van der Waals surface area contributed by atoms with Gasteiger partial charge in [0, 0.05) is 23.7 Å². The maximum Gasteiger partial charge on any atom is 0.254 e. The molecule has 0 bridgehead atoms. The molecule has 0 radical (unpaired) electrons. The van der Waals surface area contributed by atoms with E-state index in [2.05, 4.69) is 6.07 Å². The van der Waals surface area contributed by atoms with Crippen LogP contribution in [0.15, 0.2) is 18.2 Å². The highest BCUT2D eigenvalue weighted by Crippen LogP contribution is 2.18. The summed E-state index contributed by atoms with van der Waals surface area (Å²) in [5, 5.41) is 9.17. The van der Waals surface area contributed by atoms with Crippen molar-refractivity contribution in [1.29, 1.82) is 5.26 Å². The van der Waals surface area contributed by atoms with E-state index in [1.54, 1.807) is 24.1 Å². The van der Waals surface area contributed by atoms with Gasteiger partial charge < -0.3 is 4.90 Å². The first kappa shape index (κ1) is 13.5. The van der Waals surface area contributed by atoms with Crippen molar-refractivity contribution in [3.8, 4) is 6.07 Å². The standard InChI is InChI=1S/C13H15ClN2O/c1-9-4-5-11(14)8-12(9)13(17)16(3)10(2)6-7-15/h4-5,8,10H,6H2,1-3H3. The van der Waals surface area contributed by atoms with Crippen LogP contribution < -0.4 is 0 Å². The van der Waals surface area contributed by atoms with Crippen LogP contribution in [0.3, 0.4) is 0 Å². The lowest BCUT2D eigenvalue weighted by molar-refractivity contribution is 0.0745.